The van der Waals surface area contributed by atoms with Crippen LogP contribution in [-0.2, 0) is 30.9 Å². The Labute approximate surface area is 277 Å². The first kappa shape index (κ1) is 35.3. The van der Waals surface area contributed by atoms with Crippen LogP contribution in [0.4, 0.5) is 10.5 Å². The first-order valence-electron chi connectivity index (χ1n) is 16.3. The number of carbonyl (C=O) groups excluding carboxylic acids is 4. The summed E-state index contributed by atoms with van der Waals surface area (Å²) in [6.07, 6.45) is 7.99. The highest BCUT2D eigenvalue weighted by Crippen LogP contribution is 2.41. The van der Waals surface area contributed by atoms with E-state index >= 15 is 0 Å². The third-order valence-corrected chi connectivity index (χ3v) is 9.20. The summed E-state index contributed by atoms with van der Waals surface area (Å²) in [4.78, 5) is 51.9. The maximum Gasteiger partial charge on any atom is 0.410 e. The number of rotatable bonds is 11. The van der Waals surface area contributed by atoms with Gasteiger partial charge in [0.1, 0.15) is 11.4 Å². The summed E-state index contributed by atoms with van der Waals surface area (Å²) < 4.78 is 16.8. The minimum atomic E-state index is -0.674. The molecule has 10 heteroatoms. The second-order valence-corrected chi connectivity index (χ2v) is 13.9. The Hall–Kier alpha value is -3.59. The zero-order valence-electron chi connectivity index (χ0n) is 27.5. The fourth-order valence-corrected chi connectivity index (χ4v) is 6.55. The molecule has 250 valence electrons. The minimum absolute atomic E-state index is 0.161. The van der Waals surface area contributed by atoms with E-state index in [2.05, 4.69) is 11.4 Å². The van der Waals surface area contributed by atoms with E-state index in [1.807, 2.05) is 39.0 Å². The van der Waals surface area contributed by atoms with Gasteiger partial charge in [0.25, 0.3) is 0 Å². The second-order valence-electron chi connectivity index (χ2n) is 13.4. The predicted octanol–water partition coefficient (Wildman–Crippen LogP) is 7.51. The molecule has 2 aromatic carbocycles. The van der Waals surface area contributed by atoms with Crippen LogP contribution in [0.2, 0.25) is 5.02 Å². The highest BCUT2D eigenvalue weighted by atomic mass is 35.5. The summed E-state index contributed by atoms with van der Waals surface area (Å²) in [6, 6.07) is 11.2. The normalized spacial score (nSPS) is 16.8. The average molecular weight is 655 g/mol. The number of nitrogens with zero attached hydrogens (tertiary/aromatic N) is 1. The second kappa shape index (κ2) is 15.8. The number of ether oxygens (including phenoxy) is 3. The number of anilines is 1. The Bertz CT molecular complexity index is 1390. The number of hydrogen-bond acceptors (Lipinski definition) is 7. The van der Waals surface area contributed by atoms with Crippen molar-refractivity contribution in [2.24, 2.45) is 5.92 Å². The molecule has 1 aliphatic carbocycles. The van der Waals surface area contributed by atoms with Crippen LogP contribution in [0.25, 0.3) is 0 Å². The number of benzene rings is 2. The molecule has 2 aromatic rings. The number of hydrogen-bond donors (Lipinski definition) is 1. The van der Waals surface area contributed by atoms with Crippen LogP contribution >= 0.6 is 11.6 Å². The molecule has 2 fully saturated rings. The lowest BCUT2D eigenvalue weighted by Gasteiger charge is -2.37. The number of carbonyl (C=O) groups is 4. The maximum absolute atomic E-state index is 13.8. The first-order valence-corrected chi connectivity index (χ1v) is 16.7. The third kappa shape index (κ3) is 9.24. The molecular formula is C36H47ClN2O7. The molecule has 0 aromatic heterocycles. The minimum Gasteiger partial charge on any atom is -0.496 e. The Balaban J connectivity index is 1.32. The summed E-state index contributed by atoms with van der Waals surface area (Å²) in [5.41, 5.74) is 1.54. The standard InChI is InChI=1S/C36H47ClN2O7/c1-35(2,3)46-34(43)39-18-14-26(15-19-39)24-45-33(42)36(16-6-5-7-17-36)28-12-8-10-25(20-28)11-9-13-32(41)38-30-22-31(44-4)27(23-40)21-29(30)37/h8,10,12,20-23,26H,5-7,9,11,13-19,24H2,1-4H3,(H,38,41). The Kier molecular flexibility index (Phi) is 12.1. The van der Waals surface area contributed by atoms with Gasteiger partial charge >= 0.3 is 12.1 Å². The smallest absolute Gasteiger partial charge is 0.410 e. The van der Waals surface area contributed by atoms with Crippen LogP contribution in [0.5, 0.6) is 5.75 Å². The summed E-state index contributed by atoms with van der Waals surface area (Å²) in [6.45, 7) is 7.13. The fourth-order valence-electron chi connectivity index (χ4n) is 6.33. The Morgan fingerprint density at radius 2 is 1.78 bits per heavy atom. The van der Waals surface area contributed by atoms with Crippen molar-refractivity contribution >= 4 is 41.5 Å². The van der Waals surface area contributed by atoms with Crippen molar-refractivity contribution < 1.29 is 33.4 Å². The lowest BCUT2D eigenvalue weighted by molar-refractivity contribution is -0.154. The van der Waals surface area contributed by atoms with E-state index in [1.165, 1.54) is 13.2 Å². The van der Waals surface area contributed by atoms with Crippen LogP contribution in [0.3, 0.4) is 0 Å². The molecule has 2 aliphatic rings. The summed E-state index contributed by atoms with van der Waals surface area (Å²) in [5.74, 6) is 0.194. The average Bonchev–Trinajstić information content (AvgIpc) is 3.04. The zero-order chi connectivity index (χ0) is 33.3. The number of aryl methyl sites for hydroxylation is 1. The molecule has 9 nitrogen and oxygen atoms in total. The van der Waals surface area contributed by atoms with Gasteiger partial charge in [0.2, 0.25) is 5.91 Å². The molecule has 1 saturated heterocycles. The van der Waals surface area contributed by atoms with Gasteiger partial charge in [-0.1, -0.05) is 55.1 Å². The van der Waals surface area contributed by atoms with Crippen LogP contribution in [0, 0.1) is 5.92 Å². The molecule has 0 unspecified atom stereocenters. The number of likely N-dealkylation sites (tertiary alicyclic amines) is 1. The van der Waals surface area contributed by atoms with Gasteiger partial charge in [0.05, 0.1) is 35.4 Å². The van der Waals surface area contributed by atoms with Gasteiger partial charge in [-0.05, 0) is 82.4 Å². The van der Waals surface area contributed by atoms with E-state index in [0.717, 1.165) is 56.1 Å². The predicted molar refractivity (Wildman–Crippen MR) is 178 cm³/mol. The number of piperidine rings is 1. The molecule has 1 aliphatic heterocycles. The van der Waals surface area contributed by atoms with Crippen molar-refractivity contribution in [1.82, 2.24) is 4.90 Å². The third-order valence-electron chi connectivity index (χ3n) is 8.88. The Morgan fingerprint density at radius 3 is 2.43 bits per heavy atom. The maximum atomic E-state index is 13.8. The van der Waals surface area contributed by atoms with Crippen molar-refractivity contribution in [1.29, 1.82) is 0 Å². The van der Waals surface area contributed by atoms with Gasteiger partial charge in [-0.2, -0.15) is 0 Å². The van der Waals surface area contributed by atoms with Gasteiger partial charge in [-0.25, -0.2) is 4.79 Å². The van der Waals surface area contributed by atoms with E-state index in [4.69, 9.17) is 25.8 Å². The van der Waals surface area contributed by atoms with E-state index < -0.39 is 11.0 Å². The molecule has 1 N–H and O–H groups in total. The van der Waals surface area contributed by atoms with Crippen LogP contribution < -0.4 is 10.1 Å². The van der Waals surface area contributed by atoms with Crippen LogP contribution in [0.15, 0.2) is 36.4 Å². The first-order chi connectivity index (χ1) is 21.9. The molecule has 0 atom stereocenters. The summed E-state index contributed by atoms with van der Waals surface area (Å²) in [7, 11) is 1.45. The van der Waals surface area contributed by atoms with Gasteiger partial charge in [-0.15, -0.1) is 0 Å². The van der Waals surface area contributed by atoms with Crippen molar-refractivity contribution in [3.63, 3.8) is 0 Å². The largest absolute Gasteiger partial charge is 0.496 e. The number of halogens is 1. The van der Waals surface area contributed by atoms with E-state index in [9.17, 15) is 19.2 Å². The van der Waals surface area contributed by atoms with Gasteiger partial charge in [0, 0.05) is 25.6 Å². The molecule has 1 saturated carbocycles. The zero-order valence-corrected chi connectivity index (χ0v) is 28.3. The fraction of sp³-hybridized carbons (Fsp3) is 0.556. The lowest BCUT2D eigenvalue weighted by atomic mass is 9.69. The van der Waals surface area contributed by atoms with Gasteiger partial charge in [-0.3, -0.25) is 14.4 Å². The van der Waals surface area contributed by atoms with Crippen LogP contribution in [-0.4, -0.2) is 61.6 Å². The molecule has 0 spiro atoms. The molecule has 2 amide bonds. The van der Waals surface area contributed by atoms with Crippen molar-refractivity contribution in [2.45, 2.75) is 96.0 Å². The van der Waals surface area contributed by atoms with Gasteiger partial charge in [0.15, 0.2) is 6.29 Å². The lowest BCUT2D eigenvalue weighted by Crippen LogP contribution is -2.43. The number of aldehydes is 1. The molecule has 4 rings (SSSR count). The van der Waals surface area contributed by atoms with E-state index in [-0.39, 0.29) is 35.3 Å². The highest BCUT2D eigenvalue weighted by Gasteiger charge is 2.43. The topological polar surface area (TPSA) is 111 Å². The molecule has 1 heterocycles. The number of methoxy groups -OCH3 is 1. The Morgan fingerprint density at radius 1 is 1.07 bits per heavy atom. The summed E-state index contributed by atoms with van der Waals surface area (Å²) >= 11 is 6.26. The number of amides is 2. The number of esters is 1. The van der Waals surface area contributed by atoms with Crippen LogP contribution in [0.1, 0.15) is 100 Å². The molecule has 0 radical (unpaired) electrons. The van der Waals surface area contributed by atoms with Crippen molar-refractivity contribution in [2.75, 3.05) is 32.1 Å². The molecule has 0 bridgehead atoms. The van der Waals surface area contributed by atoms with Gasteiger partial charge < -0.3 is 24.4 Å². The van der Waals surface area contributed by atoms with Crippen molar-refractivity contribution in [3.05, 3.63) is 58.1 Å². The SMILES string of the molecule is COc1cc(NC(=O)CCCc2cccc(C3(C(=O)OCC4CCN(C(=O)OC(C)(C)C)CC4)CCCCC3)c2)c(Cl)cc1C=O. The monoisotopic (exact) mass is 654 g/mol. The molecular weight excluding hydrogens is 608 g/mol. The van der Waals surface area contributed by atoms with Crippen molar-refractivity contribution in [3.8, 4) is 5.75 Å². The highest BCUT2D eigenvalue weighted by molar-refractivity contribution is 6.34. The van der Waals surface area contributed by atoms with E-state index in [0.29, 0.717) is 55.8 Å². The quantitative estimate of drug-likeness (QED) is 0.197. The van der Waals surface area contributed by atoms with E-state index in [1.54, 1.807) is 11.0 Å². The molecule has 46 heavy (non-hydrogen) atoms. The summed E-state index contributed by atoms with van der Waals surface area (Å²) in [5, 5.41) is 3.07. The number of nitrogens with one attached hydrogen (secondary N) is 1.